The Bertz CT molecular complexity index is 994. The number of amides is 1. The van der Waals surface area contributed by atoms with Crippen LogP contribution in [-0.4, -0.2) is 49.6 Å². The maximum atomic E-state index is 13.2. The van der Waals surface area contributed by atoms with E-state index in [1.165, 1.54) is 17.9 Å². The zero-order valence-corrected chi connectivity index (χ0v) is 18.0. The molecule has 0 radical (unpaired) electrons. The van der Waals surface area contributed by atoms with Crippen molar-refractivity contribution in [2.45, 2.75) is 45.3 Å². The van der Waals surface area contributed by atoms with Gasteiger partial charge in [-0.05, 0) is 54.9 Å². The minimum Gasteiger partial charge on any atom is -0.373 e. The van der Waals surface area contributed by atoms with E-state index in [9.17, 15) is 4.79 Å². The van der Waals surface area contributed by atoms with E-state index in [0.717, 1.165) is 35.2 Å². The van der Waals surface area contributed by atoms with Gasteiger partial charge in [0, 0.05) is 37.2 Å². The second kappa shape index (κ2) is 9.40. The van der Waals surface area contributed by atoms with Crippen molar-refractivity contribution in [2.24, 2.45) is 0 Å². The van der Waals surface area contributed by atoms with Crippen molar-refractivity contribution < 1.29 is 9.53 Å². The highest BCUT2D eigenvalue weighted by atomic mass is 32.1. The summed E-state index contributed by atoms with van der Waals surface area (Å²) in [5.74, 6) is 0.0326. The van der Waals surface area contributed by atoms with Gasteiger partial charge in [0.05, 0.1) is 11.8 Å². The number of carbonyl (C=O) groups excluding carboxylic acids is 1. The minimum absolute atomic E-state index is 0.0326. The van der Waals surface area contributed by atoms with Crippen molar-refractivity contribution in [1.29, 1.82) is 0 Å². The van der Waals surface area contributed by atoms with Gasteiger partial charge in [0.25, 0.3) is 5.91 Å². The van der Waals surface area contributed by atoms with Crippen molar-refractivity contribution >= 4 is 17.4 Å². The molecule has 1 fully saturated rings. The molecular formula is C22H25N5O2S. The van der Waals surface area contributed by atoms with Crippen molar-refractivity contribution in [3.8, 4) is 11.1 Å². The first-order valence-corrected chi connectivity index (χ1v) is 11.1. The number of nitrogens with zero attached hydrogens (tertiary/aromatic N) is 5. The fraction of sp³-hybridized carbons (Fsp3) is 0.409. The molecule has 1 aliphatic heterocycles. The summed E-state index contributed by atoms with van der Waals surface area (Å²) in [5, 5.41) is 4.10. The molecule has 8 heteroatoms. The van der Waals surface area contributed by atoms with E-state index >= 15 is 0 Å². The second-order valence-electron chi connectivity index (χ2n) is 7.28. The number of aromatic nitrogens is 4. The first-order valence-electron chi connectivity index (χ1n) is 10.3. The largest absolute Gasteiger partial charge is 0.373 e. The molecule has 156 valence electrons. The highest BCUT2D eigenvalue weighted by Gasteiger charge is 2.32. The van der Waals surface area contributed by atoms with Gasteiger partial charge in [-0.1, -0.05) is 29.6 Å². The third-order valence-electron chi connectivity index (χ3n) is 5.54. The van der Waals surface area contributed by atoms with Crippen LogP contribution in [0.25, 0.3) is 11.1 Å². The van der Waals surface area contributed by atoms with Gasteiger partial charge in [-0.2, -0.15) is 0 Å². The Kier molecular flexibility index (Phi) is 6.44. The summed E-state index contributed by atoms with van der Waals surface area (Å²) in [6, 6.07) is 8.42. The quantitative estimate of drug-likeness (QED) is 0.597. The van der Waals surface area contributed by atoms with Crippen LogP contribution in [0.5, 0.6) is 0 Å². The van der Waals surface area contributed by atoms with Crippen molar-refractivity contribution in [3.05, 3.63) is 59.1 Å². The maximum absolute atomic E-state index is 13.2. The molecular weight excluding hydrogens is 398 g/mol. The zero-order chi connectivity index (χ0) is 20.9. The molecule has 1 aromatic carbocycles. The Labute approximate surface area is 180 Å². The zero-order valence-electron chi connectivity index (χ0n) is 17.2. The third kappa shape index (κ3) is 4.24. The summed E-state index contributed by atoms with van der Waals surface area (Å²) in [6.07, 6.45) is 7.39. The summed E-state index contributed by atoms with van der Waals surface area (Å²) in [7, 11) is 0. The number of ether oxygens (including phenoxy) is 1. The SMILES string of the molecule is CCc1nnsc1C(=O)N(CC)[C@H]1CCO[C@@H](c2cccc(-c3cncnc3)c2)C1. The van der Waals surface area contributed by atoms with Crippen LogP contribution in [0.3, 0.4) is 0 Å². The molecule has 3 aromatic rings. The highest BCUT2D eigenvalue weighted by molar-refractivity contribution is 7.08. The molecule has 0 aliphatic carbocycles. The van der Waals surface area contributed by atoms with E-state index in [1.807, 2.05) is 43.3 Å². The van der Waals surface area contributed by atoms with Gasteiger partial charge < -0.3 is 9.64 Å². The fourth-order valence-electron chi connectivity index (χ4n) is 3.96. The molecule has 0 saturated carbocycles. The van der Waals surface area contributed by atoms with Crippen LogP contribution in [-0.2, 0) is 11.2 Å². The summed E-state index contributed by atoms with van der Waals surface area (Å²) < 4.78 is 10.1. The molecule has 0 spiro atoms. The van der Waals surface area contributed by atoms with E-state index in [4.69, 9.17) is 4.74 Å². The van der Waals surface area contributed by atoms with Gasteiger partial charge in [-0.25, -0.2) is 9.97 Å². The standard InChI is InChI=1S/C22H25N5O2S/c1-3-19-21(30-26-25-19)22(28)27(4-2)18-8-9-29-20(11-18)16-7-5-6-15(10-16)17-12-23-14-24-13-17/h5-7,10,12-14,18,20H,3-4,8-9,11H2,1-2H3/t18-,20+/m0/s1. The molecule has 3 heterocycles. The van der Waals surface area contributed by atoms with E-state index in [-0.39, 0.29) is 18.1 Å². The first kappa shape index (κ1) is 20.6. The summed E-state index contributed by atoms with van der Waals surface area (Å²) >= 11 is 1.19. The lowest BCUT2D eigenvalue weighted by molar-refractivity contribution is -0.0230. The van der Waals surface area contributed by atoms with Crippen LogP contribution >= 0.6 is 11.5 Å². The van der Waals surface area contributed by atoms with Crippen LogP contribution in [0.15, 0.2) is 43.0 Å². The molecule has 1 aliphatic rings. The number of aryl methyl sites for hydroxylation is 1. The predicted octanol–water partition coefficient (Wildman–Crippen LogP) is 3.94. The molecule has 0 unspecified atom stereocenters. The molecule has 0 N–H and O–H groups in total. The lowest BCUT2D eigenvalue weighted by Gasteiger charge is -2.37. The van der Waals surface area contributed by atoms with Crippen LogP contribution in [0, 0.1) is 0 Å². The summed E-state index contributed by atoms with van der Waals surface area (Å²) in [4.78, 5) is 24.0. The third-order valence-corrected chi connectivity index (χ3v) is 6.29. The van der Waals surface area contributed by atoms with Crippen LogP contribution < -0.4 is 0 Å². The van der Waals surface area contributed by atoms with Gasteiger partial charge in [0.1, 0.15) is 11.2 Å². The highest BCUT2D eigenvalue weighted by Crippen LogP contribution is 2.33. The van der Waals surface area contributed by atoms with E-state index in [2.05, 4.69) is 31.7 Å². The Morgan fingerprint density at radius 2 is 2.07 bits per heavy atom. The molecule has 2 aromatic heterocycles. The van der Waals surface area contributed by atoms with Crippen LogP contribution in [0.1, 0.15) is 53.7 Å². The lowest BCUT2D eigenvalue weighted by atomic mass is 9.94. The number of benzene rings is 1. The Balaban J connectivity index is 1.53. The molecule has 30 heavy (non-hydrogen) atoms. The Morgan fingerprint density at radius 1 is 1.23 bits per heavy atom. The van der Waals surface area contributed by atoms with E-state index in [1.54, 1.807) is 0 Å². The summed E-state index contributed by atoms with van der Waals surface area (Å²) in [5.41, 5.74) is 3.93. The van der Waals surface area contributed by atoms with Gasteiger partial charge in [0.2, 0.25) is 0 Å². The normalized spacial score (nSPS) is 18.9. The molecule has 1 amide bonds. The number of hydrogen-bond acceptors (Lipinski definition) is 7. The molecule has 2 atom stereocenters. The number of hydrogen-bond donors (Lipinski definition) is 0. The van der Waals surface area contributed by atoms with Crippen molar-refractivity contribution in [3.63, 3.8) is 0 Å². The van der Waals surface area contributed by atoms with E-state index in [0.29, 0.717) is 24.4 Å². The molecule has 0 bridgehead atoms. The Hall–Kier alpha value is -2.71. The van der Waals surface area contributed by atoms with Gasteiger partial charge >= 0.3 is 0 Å². The molecule has 4 rings (SSSR count). The first-order chi connectivity index (χ1) is 14.7. The van der Waals surface area contributed by atoms with Crippen molar-refractivity contribution in [1.82, 2.24) is 24.5 Å². The lowest BCUT2D eigenvalue weighted by Crippen LogP contribution is -2.44. The minimum atomic E-state index is -0.0552. The number of carbonyl (C=O) groups is 1. The molecule has 7 nitrogen and oxygen atoms in total. The topological polar surface area (TPSA) is 81.1 Å². The second-order valence-corrected chi connectivity index (χ2v) is 8.04. The van der Waals surface area contributed by atoms with Crippen LogP contribution in [0.4, 0.5) is 0 Å². The average molecular weight is 424 g/mol. The monoisotopic (exact) mass is 423 g/mol. The van der Waals surface area contributed by atoms with Gasteiger partial charge in [0.15, 0.2) is 0 Å². The molecule has 1 saturated heterocycles. The average Bonchev–Trinajstić information content (AvgIpc) is 3.29. The summed E-state index contributed by atoms with van der Waals surface area (Å²) in [6.45, 7) is 5.30. The number of rotatable bonds is 6. The fourth-order valence-corrected chi connectivity index (χ4v) is 4.67. The Morgan fingerprint density at radius 3 is 2.83 bits per heavy atom. The van der Waals surface area contributed by atoms with Gasteiger partial charge in [-0.15, -0.1) is 5.10 Å². The predicted molar refractivity (Wildman–Crippen MR) is 115 cm³/mol. The smallest absolute Gasteiger partial charge is 0.267 e. The van der Waals surface area contributed by atoms with Crippen LogP contribution in [0.2, 0.25) is 0 Å². The van der Waals surface area contributed by atoms with Crippen molar-refractivity contribution in [2.75, 3.05) is 13.2 Å². The van der Waals surface area contributed by atoms with E-state index < -0.39 is 0 Å². The maximum Gasteiger partial charge on any atom is 0.267 e. The van der Waals surface area contributed by atoms with Gasteiger partial charge in [-0.3, -0.25) is 4.79 Å².